The molecule has 18 heavy (non-hydrogen) atoms. The summed E-state index contributed by atoms with van der Waals surface area (Å²) in [6.45, 7) is 9.36. The monoisotopic (exact) mass is 258 g/mol. The average Bonchev–Trinajstić information content (AvgIpc) is 2.21. The fourth-order valence-electron chi connectivity index (χ4n) is 1.63. The molecule has 106 valence electrons. The van der Waals surface area contributed by atoms with Crippen molar-refractivity contribution in [2.24, 2.45) is 5.41 Å². The van der Waals surface area contributed by atoms with Crippen molar-refractivity contribution in [2.75, 3.05) is 0 Å². The van der Waals surface area contributed by atoms with Gasteiger partial charge in [-0.05, 0) is 18.8 Å². The molecule has 0 aliphatic heterocycles. The van der Waals surface area contributed by atoms with Crippen molar-refractivity contribution in [3.63, 3.8) is 0 Å². The Morgan fingerprint density at radius 2 is 1.78 bits per heavy atom. The molecule has 3 N–H and O–H groups in total. The third-order valence-electron chi connectivity index (χ3n) is 2.76. The number of aliphatic carboxylic acids is 1. The first kappa shape index (κ1) is 16.7. The van der Waals surface area contributed by atoms with Gasteiger partial charge >= 0.3 is 12.0 Å². The van der Waals surface area contributed by atoms with Crippen LogP contribution >= 0.6 is 0 Å². The Bertz CT molecular complexity index is 284. The SMILES string of the molecule is CCCCC(C)NC(=O)N[C@@H](C(=O)O)C(C)(C)C. The first-order valence-corrected chi connectivity index (χ1v) is 6.48. The van der Waals surface area contributed by atoms with Gasteiger partial charge in [0, 0.05) is 6.04 Å². The van der Waals surface area contributed by atoms with E-state index in [4.69, 9.17) is 5.11 Å². The third-order valence-corrected chi connectivity index (χ3v) is 2.76. The largest absolute Gasteiger partial charge is 0.480 e. The molecule has 0 saturated heterocycles. The first-order chi connectivity index (χ1) is 8.18. The maximum absolute atomic E-state index is 11.7. The summed E-state index contributed by atoms with van der Waals surface area (Å²) < 4.78 is 0. The number of carboxylic acid groups (broad SMARTS) is 1. The highest BCUT2D eigenvalue weighted by Crippen LogP contribution is 2.19. The summed E-state index contributed by atoms with van der Waals surface area (Å²) in [7, 11) is 0. The summed E-state index contributed by atoms with van der Waals surface area (Å²) in [5.41, 5.74) is -0.518. The molecule has 0 fully saturated rings. The van der Waals surface area contributed by atoms with Gasteiger partial charge in [0.2, 0.25) is 0 Å². The molecule has 0 aromatic heterocycles. The Labute approximate surface area is 109 Å². The molecule has 5 nitrogen and oxygen atoms in total. The van der Waals surface area contributed by atoms with E-state index in [9.17, 15) is 9.59 Å². The number of rotatable bonds is 6. The molecule has 0 rings (SSSR count). The molecule has 0 spiro atoms. The summed E-state index contributed by atoms with van der Waals surface area (Å²) in [6.07, 6.45) is 3.02. The van der Waals surface area contributed by atoms with Crippen molar-refractivity contribution in [1.82, 2.24) is 10.6 Å². The molecule has 0 heterocycles. The smallest absolute Gasteiger partial charge is 0.326 e. The van der Waals surface area contributed by atoms with Crippen molar-refractivity contribution in [2.45, 2.75) is 66.0 Å². The number of hydrogen-bond acceptors (Lipinski definition) is 2. The van der Waals surface area contributed by atoms with Gasteiger partial charge in [0.1, 0.15) is 6.04 Å². The zero-order chi connectivity index (χ0) is 14.3. The van der Waals surface area contributed by atoms with Crippen LogP contribution in [-0.2, 0) is 4.79 Å². The molecule has 5 heteroatoms. The average molecular weight is 258 g/mol. The molecule has 0 bridgehead atoms. The van der Waals surface area contributed by atoms with E-state index in [1.54, 1.807) is 20.8 Å². The number of unbranched alkanes of at least 4 members (excludes halogenated alkanes) is 1. The van der Waals surface area contributed by atoms with Gasteiger partial charge in [-0.15, -0.1) is 0 Å². The molecule has 0 aromatic rings. The topological polar surface area (TPSA) is 78.4 Å². The highest BCUT2D eigenvalue weighted by atomic mass is 16.4. The van der Waals surface area contributed by atoms with Gasteiger partial charge in [-0.25, -0.2) is 9.59 Å². The molecule has 1 unspecified atom stereocenters. The van der Waals surface area contributed by atoms with Crippen LogP contribution in [0.25, 0.3) is 0 Å². The van der Waals surface area contributed by atoms with Crippen molar-refractivity contribution >= 4 is 12.0 Å². The van der Waals surface area contributed by atoms with Gasteiger partial charge in [0.05, 0.1) is 0 Å². The number of nitrogens with one attached hydrogen (secondary N) is 2. The number of hydrogen-bond donors (Lipinski definition) is 3. The zero-order valence-electron chi connectivity index (χ0n) is 12.0. The van der Waals surface area contributed by atoms with E-state index >= 15 is 0 Å². The van der Waals surface area contributed by atoms with Crippen molar-refractivity contribution < 1.29 is 14.7 Å². The van der Waals surface area contributed by atoms with Crippen LogP contribution in [-0.4, -0.2) is 29.2 Å². The maximum Gasteiger partial charge on any atom is 0.326 e. The van der Waals surface area contributed by atoms with Gasteiger partial charge in [0.15, 0.2) is 0 Å². The number of carboxylic acids is 1. The Morgan fingerprint density at radius 1 is 1.22 bits per heavy atom. The fourth-order valence-corrected chi connectivity index (χ4v) is 1.63. The second-order valence-electron chi connectivity index (χ2n) is 5.80. The van der Waals surface area contributed by atoms with Crippen LogP contribution in [0.5, 0.6) is 0 Å². The molecule has 0 aliphatic carbocycles. The van der Waals surface area contributed by atoms with E-state index in [1.165, 1.54) is 0 Å². The van der Waals surface area contributed by atoms with Crippen LogP contribution in [0.2, 0.25) is 0 Å². The lowest BCUT2D eigenvalue weighted by Crippen LogP contribution is -2.53. The number of carbonyl (C=O) groups excluding carboxylic acids is 1. The molecular formula is C13H26N2O3. The minimum atomic E-state index is -1.01. The highest BCUT2D eigenvalue weighted by Gasteiger charge is 2.32. The Kier molecular flexibility index (Phi) is 6.73. The zero-order valence-corrected chi connectivity index (χ0v) is 12.0. The van der Waals surface area contributed by atoms with Crippen LogP contribution in [0.1, 0.15) is 53.9 Å². The Morgan fingerprint density at radius 3 is 2.17 bits per heavy atom. The van der Waals surface area contributed by atoms with E-state index in [-0.39, 0.29) is 6.04 Å². The van der Waals surface area contributed by atoms with Crippen LogP contribution in [0.4, 0.5) is 4.79 Å². The van der Waals surface area contributed by atoms with Gasteiger partial charge in [-0.1, -0.05) is 40.5 Å². The molecule has 0 radical (unpaired) electrons. The van der Waals surface area contributed by atoms with Crippen LogP contribution < -0.4 is 10.6 Å². The fraction of sp³-hybridized carbons (Fsp3) is 0.846. The van der Waals surface area contributed by atoms with E-state index in [0.717, 1.165) is 19.3 Å². The van der Waals surface area contributed by atoms with Crippen LogP contribution in [0.15, 0.2) is 0 Å². The highest BCUT2D eigenvalue weighted by molar-refractivity contribution is 5.83. The predicted octanol–water partition coefficient (Wildman–Crippen LogP) is 2.36. The summed E-state index contributed by atoms with van der Waals surface area (Å²) in [6, 6.07) is -1.25. The van der Waals surface area contributed by atoms with Crippen LogP contribution in [0, 0.1) is 5.41 Å². The van der Waals surface area contributed by atoms with Crippen molar-refractivity contribution in [3.8, 4) is 0 Å². The van der Waals surface area contributed by atoms with Crippen molar-refractivity contribution in [3.05, 3.63) is 0 Å². The van der Waals surface area contributed by atoms with Gasteiger partial charge in [-0.3, -0.25) is 0 Å². The minimum Gasteiger partial charge on any atom is -0.480 e. The van der Waals surface area contributed by atoms with E-state index in [1.807, 2.05) is 6.92 Å². The van der Waals surface area contributed by atoms with Gasteiger partial charge in [0.25, 0.3) is 0 Å². The summed E-state index contributed by atoms with van der Waals surface area (Å²) in [5, 5.41) is 14.4. The molecule has 0 aromatic carbocycles. The van der Waals surface area contributed by atoms with Crippen molar-refractivity contribution in [1.29, 1.82) is 0 Å². The molecule has 0 saturated carbocycles. The molecule has 2 amide bonds. The summed E-state index contributed by atoms with van der Waals surface area (Å²) in [5.74, 6) is -1.01. The third kappa shape index (κ3) is 6.47. The first-order valence-electron chi connectivity index (χ1n) is 6.48. The van der Waals surface area contributed by atoms with Gasteiger partial charge < -0.3 is 15.7 Å². The number of amides is 2. The number of urea groups is 1. The second-order valence-corrected chi connectivity index (χ2v) is 5.80. The molecular weight excluding hydrogens is 232 g/mol. The number of carbonyl (C=O) groups is 2. The second kappa shape index (κ2) is 7.24. The minimum absolute atomic E-state index is 0.0550. The van der Waals surface area contributed by atoms with E-state index in [0.29, 0.717) is 0 Å². The lowest BCUT2D eigenvalue weighted by Gasteiger charge is -2.28. The normalized spacial score (nSPS) is 14.7. The Balaban J connectivity index is 4.31. The summed E-state index contributed by atoms with van der Waals surface area (Å²) in [4.78, 5) is 22.8. The van der Waals surface area contributed by atoms with E-state index < -0.39 is 23.5 Å². The quantitative estimate of drug-likeness (QED) is 0.684. The summed E-state index contributed by atoms with van der Waals surface area (Å²) >= 11 is 0. The molecule has 2 atom stereocenters. The lowest BCUT2D eigenvalue weighted by molar-refractivity contribution is -0.141. The van der Waals surface area contributed by atoms with Gasteiger partial charge in [-0.2, -0.15) is 0 Å². The maximum atomic E-state index is 11.7. The van der Waals surface area contributed by atoms with Crippen LogP contribution in [0.3, 0.4) is 0 Å². The standard InChI is InChI=1S/C13H26N2O3/c1-6-7-8-9(2)14-12(18)15-10(11(16)17)13(3,4)5/h9-10H,6-8H2,1-5H3,(H,16,17)(H2,14,15,18)/t9?,10-/m0/s1. The molecule has 0 aliphatic rings. The lowest BCUT2D eigenvalue weighted by atomic mass is 9.87. The Hall–Kier alpha value is -1.26. The van der Waals surface area contributed by atoms with E-state index in [2.05, 4.69) is 17.6 Å². The predicted molar refractivity (Wildman–Crippen MR) is 71.5 cm³/mol.